The molecular formula is C23H37N3O4S. The maximum absolute atomic E-state index is 13.8. The van der Waals surface area contributed by atoms with Crippen LogP contribution in [0.15, 0.2) is 0 Å². The summed E-state index contributed by atoms with van der Waals surface area (Å²) >= 11 is 1.69. The van der Waals surface area contributed by atoms with E-state index in [0.29, 0.717) is 6.42 Å². The highest BCUT2D eigenvalue weighted by Crippen LogP contribution is 2.66. The van der Waals surface area contributed by atoms with Crippen LogP contribution in [0.2, 0.25) is 0 Å². The molecule has 4 fully saturated rings. The Hall–Kier alpha value is -1.28. The number of aliphatic hydroxyl groups excluding tert-OH is 1. The molecule has 1 saturated carbocycles. The molecule has 0 aromatic rings. The summed E-state index contributed by atoms with van der Waals surface area (Å²) in [5, 5.41) is 16.3. The lowest BCUT2D eigenvalue weighted by molar-refractivity contribution is -0.143. The van der Waals surface area contributed by atoms with Crippen molar-refractivity contribution in [1.29, 1.82) is 0 Å². The van der Waals surface area contributed by atoms with E-state index in [0.717, 1.165) is 38.5 Å². The van der Waals surface area contributed by atoms with Crippen molar-refractivity contribution in [2.45, 2.75) is 93.3 Å². The third kappa shape index (κ3) is 3.77. The molecule has 3 aliphatic heterocycles. The number of fused-ring (bicyclic) bond motifs is 1. The Balaban J connectivity index is 1.70. The topological polar surface area (TPSA) is 98.7 Å². The number of hydrogen-bond acceptors (Lipinski definition) is 5. The highest BCUT2D eigenvalue weighted by Gasteiger charge is 2.74. The molecule has 31 heavy (non-hydrogen) atoms. The van der Waals surface area contributed by atoms with Gasteiger partial charge in [-0.2, -0.15) is 0 Å². The largest absolute Gasteiger partial charge is 0.394 e. The van der Waals surface area contributed by atoms with Crippen molar-refractivity contribution in [3.63, 3.8) is 0 Å². The molecule has 1 aliphatic carbocycles. The number of aliphatic hydroxyl groups is 1. The lowest BCUT2D eigenvalue weighted by Gasteiger charge is -2.38. The summed E-state index contributed by atoms with van der Waals surface area (Å²) in [7, 11) is 1.62. The monoisotopic (exact) mass is 451 g/mol. The maximum Gasteiger partial charge on any atom is 0.244 e. The minimum absolute atomic E-state index is 0.0821. The van der Waals surface area contributed by atoms with E-state index in [4.69, 9.17) is 0 Å². The molecular weight excluding hydrogens is 414 g/mol. The Bertz CT molecular complexity index is 726. The normalized spacial score (nSPS) is 36.0. The number of hydrogen-bond donors (Lipinski definition) is 3. The summed E-state index contributed by atoms with van der Waals surface area (Å²) in [5.41, 5.74) is 0. The van der Waals surface area contributed by atoms with E-state index in [2.05, 4.69) is 24.5 Å². The van der Waals surface area contributed by atoms with Gasteiger partial charge in [0.05, 0.1) is 29.2 Å². The quantitative estimate of drug-likeness (QED) is 0.547. The van der Waals surface area contributed by atoms with Crippen molar-refractivity contribution in [2.24, 2.45) is 17.8 Å². The molecule has 174 valence electrons. The second-order valence-corrected chi connectivity index (χ2v) is 11.8. The van der Waals surface area contributed by atoms with Gasteiger partial charge in [0, 0.05) is 18.3 Å². The van der Waals surface area contributed by atoms with Crippen LogP contribution in [-0.4, -0.2) is 69.5 Å². The number of amides is 3. The van der Waals surface area contributed by atoms with E-state index in [1.165, 1.54) is 6.42 Å². The number of rotatable bonds is 7. The van der Waals surface area contributed by atoms with Crippen molar-refractivity contribution in [3.8, 4) is 0 Å². The summed E-state index contributed by atoms with van der Waals surface area (Å²) in [6.07, 6.45) is 7.66. The first-order valence-corrected chi connectivity index (χ1v) is 12.8. The molecule has 3 heterocycles. The number of carbonyl (C=O) groups is 3. The zero-order valence-corrected chi connectivity index (χ0v) is 19.7. The van der Waals surface area contributed by atoms with E-state index in [9.17, 15) is 19.5 Å². The second-order valence-electron chi connectivity index (χ2n) is 10.2. The second kappa shape index (κ2) is 8.93. The molecule has 4 rings (SSSR count). The van der Waals surface area contributed by atoms with Gasteiger partial charge in [-0.3, -0.25) is 14.4 Å². The van der Waals surface area contributed by atoms with Gasteiger partial charge in [0.1, 0.15) is 6.04 Å². The lowest BCUT2D eigenvalue weighted by Crippen LogP contribution is -2.58. The van der Waals surface area contributed by atoms with Gasteiger partial charge in [-0.05, 0) is 38.0 Å². The fraction of sp³-hybridized carbons (Fsp3) is 0.870. The predicted octanol–water partition coefficient (Wildman–Crippen LogP) is 1.68. The Morgan fingerprint density at radius 3 is 2.52 bits per heavy atom. The first kappa shape index (κ1) is 22.9. The van der Waals surface area contributed by atoms with Gasteiger partial charge in [0.15, 0.2) is 0 Å². The first-order chi connectivity index (χ1) is 14.8. The van der Waals surface area contributed by atoms with E-state index >= 15 is 0 Å². The van der Waals surface area contributed by atoms with E-state index in [-0.39, 0.29) is 41.5 Å². The average Bonchev–Trinajstić information content (AvgIpc) is 3.39. The van der Waals surface area contributed by atoms with E-state index in [1.54, 1.807) is 23.7 Å². The molecule has 1 spiro atoms. The van der Waals surface area contributed by atoms with Gasteiger partial charge in [0.2, 0.25) is 17.7 Å². The van der Waals surface area contributed by atoms with Gasteiger partial charge in [-0.15, -0.1) is 11.8 Å². The third-order valence-corrected chi connectivity index (χ3v) is 9.79. The molecule has 7 nitrogen and oxygen atoms in total. The highest BCUT2D eigenvalue weighted by atomic mass is 32.2. The molecule has 6 atom stereocenters. The molecule has 4 aliphatic rings. The zero-order valence-electron chi connectivity index (χ0n) is 18.9. The summed E-state index contributed by atoms with van der Waals surface area (Å²) in [5.74, 6) is -0.912. The SMILES string of the molecule is CNC(=O)[C@@H]1[C@H]2C(=O)N([C@@H](CO)CC(C)C)C(C(=O)NC3CCCCC3)C23CC[C@H]1S3. The number of likely N-dealkylation sites (tertiary alicyclic amines) is 1. The van der Waals surface area contributed by atoms with Crippen LogP contribution in [0.3, 0.4) is 0 Å². The molecule has 2 bridgehead atoms. The summed E-state index contributed by atoms with van der Waals surface area (Å²) in [6.45, 7) is 3.96. The van der Waals surface area contributed by atoms with Crippen molar-refractivity contribution in [1.82, 2.24) is 15.5 Å². The molecule has 3 amide bonds. The van der Waals surface area contributed by atoms with Crippen LogP contribution in [0.25, 0.3) is 0 Å². The van der Waals surface area contributed by atoms with Gasteiger partial charge < -0.3 is 20.6 Å². The smallest absolute Gasteiger partial charge is 0.244 e. The van der Waals surface area contributed by atoms with Crippen molar-refractivity contribution < 1.29 is 19.5 Å². The van der Waals surface area contributed by atoms with E-state index < -0.39 is 28.7 Å². The summed E-state index contributed by atoms with van der Waals surface area (Å²) in [4.78, 5) is 42.0. The van der Waals surface area contributed by atoms with Gasteiger partial charge in [-0.25, -0.2) is 0 Å². The van der Waals surface area contributed by atoms with Crippen LogP contribution in [0.4, 0.5) is 0 Å². The minimum Gasteiger partial charge on any atom is -0.394 e. The molecule has 0 radical (unpaired) electrons. The summed E-state index contributed by atoms with van der Waals surface area (Å²) in [6, 6.07) is -0.864. The minimum atomic E-state index is -0.618. The van der Waals surface area contributed by atoms with Crippen LogP contribution < -0.4 is 10.6 Å². The number of carbonyl (C=O) groups excluding carboxylic acids is 3. The van der Waals surface area contributed by atoms with Gasteiger partial charge in [-0.1, -0.05) is 33.1 Å². The first-order valence-electron chi connectivity index (χ1n) is 12.0. The molecule has 0 aromatic carbocycles. The fourth-order valence-corrected chi connectivity index (χ4v) is 8.80. The molecule has 8 heteroatoms. The Morgan fingerprint density at radius 2 is 1.90 bits per heavy atom. The van der Waals surface area contributed by atoms with Gasteiger partial charge >= 0.3 is 0 Å². The van der Waals surface area contributed by atoms with Crippen LogP contribution in [0.1, 0.15) is 65.2 Å². The van der Waals surface area contributed by atoms with Gasteiger partial charge in [0.25, 0.3) is 0 Å². The average molecular weight is 452 g/mol. The van der Waals surface area contributed by atoms with Crippen LogP contribution in [0.5, 0.6) is 0 Å². The number of nitrogens with zero attached hydrogens (tertiary/aromatic N) is 1. The third-order valence-electron chi connectivity index (χ3n) is 7.83. The Kier molecular flexibility index (Phi) is 6.59. The van der Waals surface area contributed by atoms with Crippen molar-refractivity contribution in [2.75, 3.05) is 13.7 Å². The molecule has 3 N–H and O–H groups in total. The fourth-order valence-electron chi connectivity index (χ4n) is 6.60. The van der Waals surface area contributed by atoms with Crippen LogP contribution >= 0.6 is 11.8 Å². The van der Waals surface area contributed by atoms with E-state index in [1.807, 2.05) is 0 Å². The summed E-state index contributed by atoms with van der Waals surface area (Å²) < 4.78 is -0.567. The zero-order chi connectivity index (χ0) is 22.3. The Labute approximate surface area is 189 Å². The van der Waals surface area contributed by atoms with Crippen molar-refractivity contribution in [3.05, 3.63) is 0 Å². The number of nitrogens with one attached hydrogen (secondary N) is 2. The standard InChI is InChI=1S/C23H37N3O4S/c1-13(2)11-15(12-27)26-19(21(29)25-14-7-5-4-6-8-14)23-10-9-16(31-23)17(20(28)24-3)18(23)22(26)30/h13-19,27H,4-12H2,1-3H3,(H,24,28)(H,25,29)/t15-,16-,17+,18+,19?,23?/m1/s1. The molecule has 0 aromatic heterocycles. The predicted molar refractivity (Wildman–Crippen MR) is 120 cm³/mol. The van der Waals surface area contributed by atoms with Crippen LogP contribution in [0, 0.1) is 17.8 Å². The highest BCUT2D eigenvalue weighted by molar-refractivity contribution is 8.02. The van der Waals surface area contributed by atoms with Crippen molar-refractivity contribution >= 4 is 29.5 Å². The number of thioether (sulfide) groups is 1. The molecule has 3 saturated heterocycles. The van der Waals surface area contributed by atoms with Crippen LogP contribution in [-0.2, 0) is 14.4 Å². The lowest BCUT2D eigenvalue weighted by atomic mass is 9.70. The molecule has 2 unspecified atom stereocenters. The maximum atomic E-state index is 13.8. The Morgan fingerprint density at radius 1 is 1.19 bits per heavy atom.